The van der Waals surface area contributed by atoms with E-state index in [1.54, 1.807) is 0 Å². The topological polar surface area (TPSA) is 70.2 Å². The predicted molar refractivity (Wildman–Crippen MR) is 85.1 cm³/mol. The van der Waals surface area contributed by atoms with Crippen molar-refractivity contribution in [3.63, 3.8) is 0 Å². The molecular weight excluding hydrogens is 278 g/mol. The van der Waals surface area contributed by atoms with E-state index in [-0.39, 0.29) is 5.78 Å². The Labute approximate surface area is 128 Å². The molecule has 0 bridgehead atoms. The summed E-state index contributed by atoms with van der Waals surface area (Å²) in [4.78, 5) is 23.7. The van der Waals surface area contributed by atoms with Crippen LogP contribution in [-0.4, -0.2) is 53.4 Å². The van der Waals surface area contributed by atoms with Crippen LogP contribution in [0.25, 0.3) is 10.9 Å². The summed E-state index contributed by atoms with van der Waals surface area (Å²) in [7, 11) is 0. The number of aromatic nitrogens is 2. The van der Waals surface area contributed by atoms with Gasteiger partial charge in [-0.15, -0.1) is 0 Å². The Balaban J connectivity index is 1.70. The van der Waals surface area contributed by atoms with E-state index in [1.807, 2.05) is 18.2 Å². The molecule has 114 valence electrons. The maximum Gasteiger partial charge on any atom is 0.182 e. The van der Waals surface area contributed by atoms with Crippen LogP contribution < -0.4 is 10.6 Å². The van der Waals surface area contributed by atoms with E-state index in [9.17, 15) is 4.79 Å². The Morgan fingerprint density at radius 3 is 3.09 bits per heavy atom. The van der Waals surface area contributed by atoms with Crippen LogP contribution >= 0.6 is 0 Å². The summed E-state index contributed by atoms with van der Waals surface area (Å²) in [6, 6.07) is 5.72. The van der Waals surface area contributed by atoms with Crippen molar-refractivity contribution in [1.82, 2.24) is 20.2 Å². The van der Waals surface area contributed by atoms with Crippen molar-refractivity contribution in [2.75, 3.05) is 38.0 Å². The first-order valence-corrected chi connectivity index (χ1v) is 7.81. The fraction of sp³-hybridized carbons (Fsp3) is 0.438. The highest BCUT2D eigenvalue weighted by Crippen LogP contribution is 2.28. The van der Waals surface area contributed by atoms with Gasteiger partial charge in [0.05, 0.1) is 24.0 Å². The van der Waals surface area contributed by atoms with Gasteiger partial charge in [0, 0.05) is 18.7 Å². The molecule has 3 heterocycles. The van der Waals surface area contributed by atoms with Crippen LogP contribution in [0.5, 0.6) is 0 Å². The van der Waals surface area contributed by atoms with E-state index >= 15 is 0 Å². The molecule has 0 aliphatic carbocycles. The maximum absolute atomic E-state index is 12.0. The average molecular weight is 297 g/mol. The minimum atomic E-state index is 0.105. The van der Waals surface area contributed by atoms with E-state index in [1.165, 1.54) is 0 Å². The lowest BCUT2D eigenvalue weighted by molar-refractivity contribution is 0.101. The molecule has 6 nitrogen and oxygen atoms in total. The van der Waals surface area contributed by atoms with Gasteiger partial charge in [-0.2, -0.15) is 0 Å². The molecule has 0 spiro atoms. The second-order valence-electron chi connectivity index (χ2n) is 5.84. The van der Waals surface area contributed by atoms with Crippen molar-refractivity contribution in [2.24, 2.45) is 0 Å². The van der Waals surface area contributed by atoms with Gasteiger partial charge in [-0.25, -0.2) is 9.97 Å². The van der Waals surface area contributed by atoms with Gasteiger partial charge in [0.2, 0.25) is 0 Å². The highest BCUT2D eigenvalue weighted by molar-refractivity contribution is 6.15. The number of hydrogen-bond donors (Lipinski definition) is 2. The number of ketones is 1. The first kappa shape index (κ1) is 13.6. The van der Waals surface area contributed by atoms with Crippen LogP contribution in [0.4, 0.5) is 5.82 Å². The SMILES string of the molecule is O=C1CNc2nc(CN3CCCNCC3)nc3cccc1c23. The van der Waals surface area contributed by atoms with Crippen molar-refractivity contribution in [3.8, 4) is 0 Å². The molecule has 0 unspecified atom stereocenters. The molecule has 22 heavy (non-hydrogen) atoms. The minimum Gasteiger partial charge on any atom is -0.362 e. The smallest absolute Gasteiger partial charge is 0.182 e. The van der Waals surface area contributed by atoms with Gasteiger partial charge < -0.3 is 10.6 Å². The summed E-state index contributed by atoms with van der Waals surface area (Å²) >= 11 is 0. The Morgan fingerprint density at radius 1 is 1.18 bits per heavy atom. The third kappa shape index (κ3) is 2.44. The van der Waals surface area contributed by atoms with Crippen molar-refractivity contribution in [1.29, 1.82) is 0 Å². The fourth-order valence-corrected chi connectivity index (χ4v) is 3.18. The molecule has 2 aromatic rings. The highest BCUT2D eigenvalue weighted by atomic mass is 16.1. The van der Waals surface area contributed by atoms with Crippen LogP contribution in [0.2, 0.25) is 0 Å². The van der Waals surface area contributed by atoms with Crippen LogP contribution in [0.15, 0.2) is 18.2 Å². The van der Waals surface area contributed by atoms with Crippen LogP contribution in [0, 0.1) is 0 Å². The second kappa shape index (κ2) is 5.62. The zero-order valence-electron chi connectivity index (χ0n) is 12.4. The van der Waals surface area contributed by atoms with E-state index in [4.69, 9.17) is 0 Å². The number of Topliss-reactive ketones (excluding diaryl/α,β-unsaturated/α-hetero) is 1. The van der Waals surface area contributed by atoms with Gasteiger partial charge in [-0.05, 0) is 25.6 Å². The molecule has 2 aliphatic heterocycles. The summed E-state index contributed by atoms with van der Waals surface area (Å²) in [6.07, 6.45) is 1.15. The van der Waals surface area contributed by atoms with Gasteiger partial charge in [-0.3, -0.25) is 9.69 Å². The van der Waals surface area contributed by atoms with Gasteiger partial charge in [0.25, 0.3) is 0 Å². The molecule has 0 saturated carbocycles. The molecule has 2 N–H and O–H groups in total. The third-order valence-corrected chi connectivity index (χ3v) is 4.28. The largest absolute Gasteiger partial charge is 0.362 e. The molecule has 1 aromatic heterocycles. The summed E-state index contributed by atoms with van der Waals surface area (Å²) < 4.78 is 0. The number of carbonyl (C=O) groups is 1. The number of hydrogen-bond acceptors (Lipinski definition) is 6. The fourth-order valence-electron chi connectivity index (χ4n) is 3.18. The molecule has 4 rings (SSSR count). The lowest BCUT2D eigenvalue weighted by atomic mass is 10.0. The number of carbonyl (C=O) groups excluding carboxylic acids is 1. The molecule has 1 fully saturated rings. The van der Waals surface area contributed by atoms with Gasteiger partial charge in [-0.1, -0.05) is 12.1 Å². The van der Waals surface area contributed by atoms with Crippen molar-refractivity contribution in [3.05, 3.63) is 29.6 Å². The minimum absolute atomic E-state index is 0.105. The zero-order chi connectivity index (χ0) is 14.9. The van der Waals surface area contributed by atoms with E-state index < -0.39 is 0 Å². The lowest BCUT2D eigenvalue weighted by Crippen LogP contribution is -2.29. The van der Waals surface area contributed by atoms with Crippen molar-refractivity contribution < 1.29 is 4.79 Å². The quantitative estimate of drug-likeness (QED) is 0.863. The van der Waals surface area contributed by atoms with Gasteiger partial charge in [0.15, 0.2) is 5.78 Å². The molecule has 0 radical (unpaired) electrons. The number of rotatable bonds is 2. The van der Waals surface area contributed by atoms with E-state index in [2.05, 4.69) is 25.5 Å². The Kier molecular flexibility index (Phi) is 3.48. The maximum atomic E-state index is 12.0. The zero-order valence-corrected chi connectivity index (χ0v) is 12.4. The highest BCUT2D eigenvalue weighted by Gasteiger charge is 2.21. The van der Waals surface area contributed by atoms with E-state index in [0.717, 1.165) is 67.3 Å². The molecule has 0 amide bonds. The van der Waals surface area contributed by atoms with Crippen molar-refractivity contribution >= 4 is 22.5 Å². The molecule has 6 heteroatoms. The van der Waals surface area contributed by atoms with Crippen LogP contribution in [-0.2, 0) is 6.54 Å². The predicted octanol–water partition coefficient (Wildman–Crippen LogP) is 1.03. The summed E-state index contributed by atoms with van der Waals surface area (Å²) in [5, 5.41) is 7.40. The van der Waals surface area contributed by atoms with Crippen LogP contribution in [0.3, 0.4) is 0 Å². The lowest BCUT2D eigenvalue weighted by Gasteiger charge is -2.21. The molecule has 2 aliphatic rings. The number of nitrogens with zero attached hydrogens (tertiary/aromatic N) is 3. The Bertz CT molecular complexity index is 722. The summed E-state index contributed by atoms with van der Waals surface area (Å²) in [6.45, 7) is 5.24. The second-order valence-corrected chi connectivity index (χ2v) is 5.84. The number of nitrogens with one attached hydrogen (secondary N) is 2. The third-order valence-electron chi connectivity index (χ3n) is 4.28. The van der Waals surface area contributed by atoms with Gasteiger partial charge >= 0.3 is 0 Å². The number of anilines is 1. The Hall–Kier alpha value is -2.05. The van der Waals surface area contributed by atoms with Crippen LogP contribution in [0.1, 0.15) is 22.6 Å². The Morgan fingerprint density at radius 2 is 2.14 bits per heavy atom. The molecule has 1 aromatic carbocycles. The standard InChI is InChI=1S/C16H19N5O/c22-13-9-18-16-15-11(13)3-1-4-12(15)19-14(20-16)10-21-7-2-5-17-6-8-21/h1,3-4,17H,2,5-10H2,(H,18,19,20). The molecule has 0 atom stereocenters. The first-order valence-electron chi connectivity index (χ1n) is 7.81. The molecular formula is C16H19N5O. The van der Waals surface area contributed by atoms with Crippen molar-refractivity contribution in [2.45, 2.75) is 13.0 Å². The summed E-state index contributed by atoms with van der Waals surface area (Å²) in [5.74, 6) is 1.72. The number of benzene rings is 1. The average Bonchev–Trinajstić information content (AvgIpc) is 2.79. The summed E-state index contributed by atoms with van der Waals surface area (Å²) in [5.41, 5.74) is 1.59. The first-order chi connectivity index (χ1) is 10.8. The normalized spacial score (nSPS) is 19.0. The molecule has 1 saturated heterocycles. The monoisotopic (exact) mass is 297 g/mol. The van der Waals surface area contributed by atoms with E-state index in [0.29, 0.717) is 6.54 Å². The van der Waals surface area contributed by atoms with Gasteiger partial charge in [0.1, 0.15) is 11.6 Å².